The van der Waals surface area contributed by atoms with Crippen LogP contribution in [-0.2, 0) is 0 Å². The van der Waals surface area contributed by atoms with Gasteiger partial charge in [-0.2, -0.15) is 0 Å². The number of nitrogens with two attached hydrogens (primary N) is 1. The predicted octanol–water partition coefficient (Wildman–Crippen LogP) is 2.89. The molecule has 0 aliphatic rings. The van der Waals surface area contributed by atoms with Crippen LogP contribution in [0.1, 0.15) is 22.5 Å². The number of rotatable bonds is 3. The molecule has 0 saturated heterocycles. The highest BCUT2D eigenvalue weighted by Gasteiger charge is 2.15. The fourth-order valence-electron chi connectivity index (χ4n) is 2.04. The van der Waals surface area contributed by atoms with Crippen LogP contribution in [0.5, 0.6) is 11.5 Å². The zero-order valence-electron chi connectivity index (χ0n) is 11.7. The van der Waals surface area contributed by atoms with E-state index in [1.54, 1.807) is 13.0 Å². The van der Waals surface area contributed by atoms with E-state index in [0.717, 1.165) is 11.3 Å². The molecule has 2 rings (SSSR count). The number of nitrogens with zero attached hydrogens (tertiary/aromatic N) is 2. The van der Waals surface area contributed by atoms with Crippen LogP contribution in [0.4, 0.5) is 0 Å². The molecule has 0 aliphatic carbocycles. The first-order valence-corrected chi connectivity index (χ1v) is 6.22. The Balaban J connectivity index is 2.50. The van der Waals surface area contributed by atoms with Crippen LogP contribution in [0, 0.1) is 20.8 Å². The summed E-state index contributed by atoms with van der Waals surface area (Å²) in [5.41, 5.74) is 8.76. The molecule has 0 spiro atoms. The third kappa shape index (κ3) is 2.88. The quantitative estimate of drug-likeness (QED) is 0.389. The topological polar surface area (TPSA) is 80.7 Å². The van der Waals surface area contributed by atoms with E-state index < -0.39 is 0 Å². The molecule has 1 aromatic carbocycles. The zero-order valence-corrected chi connectivity index (χ0v) is 11.7. The first-order valence-electron chi connectivity index (χ1n) is 6.22. The van der Waals surface area contributed by atoms with Gasteiger partial charge in [-0.15, -0.1) is 0 Å². The molecular weight excluding hydrogens is 254 g/mol. The second kappa shape index (κ2) is 5.61. The lowest BCUT2D eigenvalue weighted by Gasteiger charge is -2.13. The van der Waals surface area contributed by atoms with Crippen molar-refractivity contribution in [2.24, 2.45) is 10.9 Å². The summed E-state index contributed by atoms with van der Waals surface area (Å²) in [6.07, 6.45) is 0. The smallest absolute Gasteiger partial charge is 0.175 e. The van der Waals surface area contributed by atoms with Crippen molar-refractivity contribution in [3.8, 4) is 11.5 Å². The highest BCUT2D eigenvalue weighted by molar-refractivity contribution is 6.00. The summed E-state index contributed by atoms with van der Waals surface area (Å²) >= 11 is 0. The second-order valence-electron chi connectivity index (χ2n) is 4.63. The third-order valence-electron chi connectivity index (χ3n) is 2.87. The van der Waals surface area contributed by atoms with Gasteiger partial charge in [-0.3, -0.25) is 4.98 Å². The molecule has 1 aromatic heterocycles. The standard InChI is InChI=1S/C15H17N3O2/c1-9-5-4-6-12(7-9)20-13-8-10(2)17-11(3)14(13)15(16)18-19/h4-8,19H,1-3H3,(H2,16,18). The van der Waals surface area contributed by atoms with Gasteiger partial charge in [0.2, 0.25) is 0 Å². The van der Waals surface area contributed by atoms with Gasteiger partial charge in [0.25, 0.3) is 0 Å². The van der Waals surface area contributed by atoms with E-state index >= 15 is 0 Å². The Morgan fingerprint density at radius 1 is 1.25 bits per heavy atom. The Labute approximate surface area is 117 Å². The van der Waals surface area contributed by atoms with Crippen LogP contribution in [-0.4, -0.2) is 16.0 Å². The first kappa shape index (κ1) is 13.9. The molecule has 0 bridgehead atoms. The minimum atomic E-state index is -0.0161. The second-order valence-corrected chi connectivity index (χ2v) is 4.63. The highest BCUT2D eigenvalue weighted by Crippen LogP contribution is 2.28. The monoisotopic (exact) mass is 271 g/mol. The van der Waals surface area contributed by atoms with Crippen molar-refractivity contribution in [3.63, 3.8) is 0 Å². The Bertz CT molecular complexity index is 666. The van der Waals surface area contributed by atoms with Gasteiger partial charge in [-0.1, -0.05) is 17.3 Å². The fourth-order valence-corrected chi connectivity index (χ4v) is 2.04. The molecular formula is C15H17N3O2. The molecule has 1 heterocycles. The number of oxime groups is 1. The summed E-state index contributed by atoms with van der Waals surface area (Å²) in [5, 5.41) is 11.9. The number of amidine groups is 1. The summed E-state index contributed by atoms with van der Waals surface area (Å²) in [4.78, 5) is 4.31. The highest BCUT2D eigenvalue weighted by atomic mass is 16.5. The summed E-state index contributed by atoms with van der Waals surface area (Å²) in [7, 11) is 0. The molecule has 0 amide bonds. The van der Waals surface area contributed by atoms with Crippen molar-refractivity contribution in [3.05, 3.63) is 52.8 Å². The molecule has 3 N–H and O–H groups in total. The van der Waals surface area contributed by atoms with Crippen molar-refractivity contribution in [2.45, 2.75) is 20.8 Å². The van der Waals surface area contributed by atoms with E-state index in [-0.39, 0.29) is 5.84 Å². The SMILES string of the molecule is Cc1cccc(Oc2cc(C)nc(C)c2/C(N)=N/O)c1. The number of benzene rings is 1. The molecule has 0 saturated carbocycles. The lowest BCUT2D eigenvalue weighted by molar-refractivity contribution is 0.318. The van der Waals surface area contributed by atoms with Crippen LogP contribution < -0.4 is 10.5 Å². The lowest BCUT2D eigenvalue weighted by Crippen LogP contribution is -2.17. The maximum absolute atomic E-state index is 8.90. The molecule has 0 radical (unpaired) electrons. The van der Waals surface area contributed by atoms with E-state index in [1.165, 1.54) is 0 Å². The van der Waals surface area contributed by atoms with Crippen molar-refractivity contribution in [1.82, 2.24) is 4.98 Å². The Kier molecular flexibility index (Phi) is 3.89. The average Bonchev–Trinajstić information content (AvgIpc) is 2.37. The van der Waals surface area contributed by atoms with E-state index in [1.807, 2.05) is 38.1 Å². The lowest BCUT2D eigenvalue weighted by atomic mass is 10.1. The molecule has 20 heavy (non-hydrogen) atoms. The minimum Gasteiger partial charge on any atom is -0.456 e. The molecule has 5 heteroatoms. The molecule has 0 unspecified atom stereocenters. The molecule has 104 valence electrons. The van der Waals surface area contributed by atoms with Gasteiger partial charge in [0.15, 0.2) is 5.84 Å². The van der Waals surface area contributed by atoms with Gasteiger partial charge in [-0.25, -0.2) is 0 Å². The maximum Gasteiger partial charge on any atom is 0.175 e. The van der Waals surface area contributed by atoms with Crippen molar-refractivity contribution in [2.75, 3.05) is 0 Å². The third-order valence-corrected chi connectivity index (χ3v) is 2.87. The Hall–Kier alpha value is -2.56. The van der Waals surface area contributed by atoms with Crippen LogP contribution >= 0.6 is 0 Å². The zero-order chi connectivity index (χ0) is 14.7. The number of aryl methyl sites for hydroxylation is 3. The van der Waals surface area contributed by atoms with E-state index in [4.69, 9.17) is 15.7 Å². The number of pyridine rings is 1. The van der Waals surface area contributed by atoms with Gasteiger partial charge in [0, 0.05) is 11.8 Å². The molecule has 2 aromatic rings. The van der Waals surface area contributed by atoms with E-state index in [9.17, 15) is 0 Å². The molecule has 0 aliphatic heterocycles. The first-order chi connectivity index (χ1) is 9.51. The number of hydrogen-bond donors (Lipinski definition) is 2. The summed E-state index contributed by atoms with van der Waals surface area (Å²) in [5.74, 6) is 1.20. The Morgan fingerprint density at radius 3 is 2.65 bits per heavy atom. The molecule has 0 atom stereocenters. The molecule has 0 fully saturated rings. The average molecular weight is 271 g/mol. The van der Waals surface area contributed by atoms with Gasteiger partial charge < -0.3 is 15.7 Å². The fraction of sp³-hybridized carbons (Fsp3) is 0.200. The molecule has 5 nitrogen and oxygen atoms in total. The van der Waals surface area contributed by atoms with Gasteiger partial charge >= 0.3 is 0 Å². The van der Waals surface area contributed by atoms with Crippen LogP contribution in [0.3, 0.4) is 0 Å². The van der Waals surface area contributed by atoms with Crippen LogP contribution in [0.15, 0.2) is 35.5 Å². The predicted molar refractivity (Wildman–Crippen MR) is 77.5 cm³/mol. The van der Waals surface area contributed by atoms with Crippen molar-refractivity contribution in [1.29, 1.82) is 0 Å². The summed E-state index contributed by atoms with van der Waals surface area (Å²) < 4.78 is 5.86. The van der Waals surface area contributed by atoms with Crippen molar-refractivity contribution < 1.29 is 9.94 Å². The number of ether oxygens (including phenoxy) is 1. The van der Waals surface area contributed by atoms with Gasteiger partial charge in [0.1, 0.15) is 11.5 Å². The number of hydrogen-bond acceptors (Lipinski definition) is 4. The van der Waals surface area contributed by atoms with Crippen LogP contribution in [0.2, 0.25) is 0 Å². The van der Waals surface area contributed by atoms with Gasteiger partial charge in [-0.05, 0) is 38.5 Å². The Morgan fingerprint density at radius 2 is 2.00 bits per heavy atom. The van der Waals surface area contributed by atoms with E-state index in [2.05, 4.69) is 10.1 Å². The summed E-state index contributed by atoms with van der Waals surface area (Å²) in [6.45, 7) is 5.65. The van der Waals surface area contributed by atoms with E-state index in [0.29, 0.717) is 22.8 Å². The summed E-state index contributed by atoms with van der Waals surface area (Å²) in [6, 6.07) is 9.44. The van der Waals surface area contributed by atoms with Crippen LogP contribution in [0.25, 0.3) is 0 Å². The maximum atomic E-state index is 8.90. The number of aromatic nitrogens is 1. The normalized spacial score (nSPS) is 11.4. The van der Waals surface area contributed by atoms with Gasteiger partial charge in [0.05, 0.1) is 11.3 Å². The largest absolute Gasteiger partial charge is 0.456 e. The van der Waals surface area contributed by atoms with Crippen molar-refractivity contribution >= 4 is 5.84 Å². The minimum absolute atomic E-state index is 0.0161.